The molecule has 0 N–H and O–H groups in total. The lowest BCUT2D eigenvalue weighted by molar-refractivity contribution is 0.174. The predicted octanol–water partition coefficient (Wildman–Crippen LogP) is 3.18. The summed E-state index contributed by atoms with van der Waals surface area (Å²) in [7, 11) is 0. The third-order valence-electron chi connectivity index (χ3n) is 4.16. The molecule has 110 valence electrons. The highest BCUT2D eigenvalue weighted by Gasteiger charge is 2.33. The molecule has 22 heavy (non-hydrogen) atoms. The van der Waals surface area contributed by atoms with Crippen LogP contribution in [0.4, 0.5) is 0 Å². The first-order valence-corrected chi connectivity index (χ1v) is 7.46. The van der Waals surface area contributed by atoms with Gasteiger partial charge in [-0.15, -0.1) is 0 Å². The molecule has 0 radical (unpaired) electrons. The average Bonchev–Trinajstić information content (AvgIpc) is 3.19. The second-order valence-electron chi connectivity index (χ2n) is 5.70. The van der Waals surface area contributed by atoms with Gasteiger partial charge in [0.2, 0.25) is 0 Å². The Morgan fingerprint density at radius 2 is 1.95 bits per heavy atom. The van der Waals surface area contributed by atoms with Gasteiger partial charge in [0, 0.05) is 6.42 Å². The van der Waals surface area contributed by atoms with Gasteiger partial charge in [0.1, 0.15) is 30.5 Å². The number of aryl methyl sites for hydroxylation is 1. The van der Waals surface area contributed by atoms with Crippen LogP contribution in [0.3, 0.4) is 0 Å². The van der Waals surface area contributed by atoms with Crippen LogP contribution in [0.5, 0.6) is 5.75 Å². The Labute approximate surface area is 129 Å². The highest BCUT2D eigenvalue weighted by Crippen LogP contribution is 2.35. The fourth-order valence-corrected chi connectivity index (χ4v) is 3.05. The van der Waals surface area contributed by atoms with Crippen LogP contribution in [0.25, 0.3) is 0 Å². The smallest absolute Gasteiger partial charge is 0.137 e. The highest BCUT2D eigenvalue weighted by molar-refractivity contribution is 5.39. The van der Waals surface area contributed by atoms with Crippen molar-refractivity contribution in [3.63, 3.8) is 0 Å². The Morgan fingerprint density at radius 3 is 2.68 bits per heavy atom. The molecular formula is C18H17N3O. The van der Waals surface area contributed by atoms with Crippen molar-refractivity contribution in [2.75, 3.05) is 0 Å². The molecule has 0 saturated heterocycles. The molecule has 4 heteroatoms. The second kappa shape index (κ2) is 5.30. The van der Waals surface area contributed by atoms with E-state index in [1.165, 1.54) is 16.7 Å². The second-order valence-corrected chi connectivity index (χ2v) is 5.70. The first kappa shape index (κ1) is 13.1. The Morgan fingerprint density at radius 1 is 1.14 bits per heavy atom. The van der Waals surface area contributed by atoms with E-state index >= 15 is 0 Å². The SMILES string of the molecule is Cc1ccc(C(C2Cc3ccccc3O2)n2cncn2)cc1. The molecule has 2 unspecified atom stereocenters. The van der Waals surface area contributed by atoms with E-state index in [0.29, 0.717) is 0 Å². The van der Waals surface area contributed by atoms with Crippen molar-refractivity contribution in [3.05, 3.63) is 77.9 Å². The molecule has 4 rings (SSSR count). The van der Waals surface area contributed by atoms with Crippen LogP contribution in [0.15, 0.2) is 61.2 Å². The van der Waals surface area contributed by atoms with Crippen molar-refractivity contribution in [2.24, 2.45) is 0 Å². The number of fused-ring (bicyclic) bond motifs is 1. The van der Waals surface area contributed by atoms with E-state index in [1.54, 1.807) is 12.7 Å². The minimum atomic E-state index is 0.0236. The third kappa shape index (κ3) is 2.26. The number of para-hydroxylation sites is 1. The standard InChI is InChI=1S/C18H17N3O/c1-13-6-8-14(9-7-13)18(21-12-19-11-20-21)17-10-15-4-2-3-5-16(15)22-17/h2-9,11-12,17-18H,10H2,1H3. The van der Waals surface area contributed by atoms with Crippen molar-refractivity contribution in [2.45, 2.75) is 25.5 Å². The van der Waals surface area contributed by atoms with Crippen LogP contribution in [0, 0.1) is 6.92 Å². The van der Waals surface area contributed by atoms with Crippen LogP contribution in [-0.4, -0.2) is 20.9 Å². The van der Waals surface area contributed by atoms with Gasteiger partial charge in [-0.25, -0.2) is 9.67 Å². The Balaban J connectivity index is 1.72. The lowest BCUT2D eigenvalue weighted by Crippen LogP contribution is -2.29. The molecular weight excluding hydrogens is 274 g/mol. The summed E-state index contributed by atoms with van der Waals surface area (Å²) < 4.78 is 8.08. The zero-order valence-electron chi connectivity index (χ0n) is 12.4. The summed E-state index contributed by atoms with van der Waals surface area (Å²) in [6, 6.07) is 16.8. The normalized spacial score (nSPS) is 17.8. The molecule has 3 aromatic rings. The molecule has 4 nitrogen and oxygen atoms in total. The van der Waals surface area contributed by atoms with Gasteiger partial charge < -0.3 is 4.74 Å². The highest BCUT2D eigenvalue weighted by atomic mass is 16.5. The van der Waals surface area contributed by atoms with Crippen molar-refractivity contribution in [1.82, 2.24) is 14.8 Å². The molecule has 0 spiro atoms. The van der Waals surface area contributed by atoms with Crippen LogP contribution < -0.4 is 4.74 Å². The summed E-state index contributed by atoms with van der Waals surface area (Å²) in [5, 5.41) is 4.35. The Kier molecular flexibility index (Phi) is 3.15. The number of hydrogen-bond donors (Lipinski definition) is 0. The van der Waals surface area contributed by atoms with E-state index in [2.05, 4.69) is 53.4 Å². The molecule has 0 aliphatic carbocycles. The summed E-state index contributed by atoms with van der Waals surface area (Å²) in [5.41, 5.74) is 3.69. The van der Waals surface area contributed by atoms with E-state index in [-0.39, 0.29) is 12.1 Å². The van der Waals surface area contributed by atoms with Gasteiger partial charge in [0.15, 0.2) is 0 Å². The van der Waals surface area contributed by atoms with Gasteiger partial charge in [-0.2, -0.15) is 5.10 Å². The van der Waals surface area contributed by atoms with Gasteiger partial charge in [-0.1, -0.05) is 48.0 Å². The maximum atomic E-state index is 6.19. The van der Waals surface area contributed by atoms with E-state index in [1.807, 2.05) is 16.8 Å². The molecule has 1 aliphatic heterocycles. The lowest BCUT2D eigenvalue weighted by Gasteiger charge is -2.24. The van der Waals surface area contributed by atoms with Crippen LogP contribution in [0.1, 0.15) is 22.7 Å². The maximum absolute atomic E-state index is 6.19. The summed E-state index contributed by atoms with van der Waals surface area (Å²) >= 11 is 0. The maximum Gasteiger partial charge on any atom is 0.137 e. The molecule has 0 bridgehead atoms. The largest absolute Gasteiger partial charge is 0.487 e. The number of benzene rings is 2. The Bertz CT molecular complexity index is 740. The summed E-state index contributed by atoms with van der Waals surface area (Å²) in [4.78, 5) is 4.10. The molecule has 2 aromatic carbocycles. The van der Waals surface area contributed by atoms with Gasteiger partial charge in [0.25, 0.3) is 0 Å². The van der Waals surface area contributed by atoms with E-state index in [4.69, 9.17) is 4.74 Å². The number of hydrogen-bond acceptors (Lipinski definition) is 3. The monoisotopic (exact) mass is 291 g/mol. The van der Waals surface area contributed by atoms with Crippen LogP contribution in [-0.2, 0) is 6.42 Å². The first-order chi connectivity index (χ1) is 10.8. The van der Waals surface area contributed by atoms with E-state index in [9.17, 15) is 0 Å². The fourth-order valence-electron chi connectivity index (χ4n) is 3.05. The Hall–Kier alpha value is -2.62. The average molecular weight is 291 g/mol. The molecule has 2 heterocycles. The summed E-state index contributed by atoms with van der Waals surface area (Å²) in [6.07, 6.45) is 4.25. The quantitative estimate of drug-likeness (QED) is 0.744. The minimum Gasteiger partial charge on any atom is -0.487 e. The van der Waals surface area contributed by atoms with Crippen molar-refractivity contribution < 1.29 is 4.74 Å². The van der Waals surface area contributed by atoms with Crippen LogP contribution in [0.2, 0.25) is 0 Å². The molecule has 0 fully saturated rings. The third-order valence-corrected chi connectivity index (χ3v) is 4.16. The molecule has 1 aromatic heterocycles. The first-order valence-electron chi connectivity index (χ1n) is 7.46. The molecule has 1 aliphatic rings. The number of aromatic nitrogens is 3. The predicted molar refractivity (Wildman–Crippen MR) is 83.9 cm³/mol. The van der Waals surface area contributed by atoms with E-state index in [0.717, 1.165) is 12.2 Å². The topological polar surface area (TPSA) is 39.9 Å². The molecule has 2 atom stereocenters. The summed E-state index contributed by atoms with van der Waals surface area (Å²) in [5.74, 6) is 0.977. The zero-order valence-corrected chi connectivity index (χ0v) is 12.4. The van der Waals surface area contributed by atoms with Crippen LogP contribution >= 0.6 is 0 Å². The zero-order chi connectivity index (χ0) is 14.9. The number of rotatable bonds is 3. The fraction of sp³-hybridized carbons (Fsp3) is 0.222. The van der Waals surface area contributed by atoms with Gasteiger partial charge in [-0.05, 0) is 24.1 Å². The van der Waals surface area contributed by atoms with Crippen molar-refractivity contribution >= 4 is 0 Å². The van der Waals surface area contributed by atoms with Gasteiger partial charge in [0.05, 0.1) is 0 Å². The van der Waals surface area contributed by atoms with Gasteiger partial charge in [-0.3, -0.25) is 0 Å². The number of nitrogens with zero attached hydrogens (tertiary/aromatic N) is 3. The molecule has 0 saturated carbocycles. The van der Waals surface area contributed by atoms with Crippen molar-refractivity contribution in [1.29, 1.82) is 0 Å². The summed E-state index contributed by atoms with van der Waals surface area (Å²) in [6.45, 7) is 2.09. The van der Waals surface area contributed by atoms with Gasteiger partial charge >= 0.3 is 0 Å². The lowest BCUT2D eigenvalue weighted by atomic mass is 9.97. The van der Waals surface area contributed by atoms with Crippen molar-refractivity contribution in [3.8, 4) is 5.75 Å². The number of ether oxygens (including phenoxy) is 1. The van der Waals surface area contributed by atoms with E-state index < -0.39 is 0 Å². The molecule has 0 amide bonds. The minimum absolute atomic E-state index is 0.0236.